The molecule has 1 heterocycles. The van der Waals surface area contributed by atoms with E-state index in [-0.39, 0.29) is 21.2 Å². The fourth-order valence-corrected chi connectivity index (χ4v) is 3.00. The summed E-state index contributed by atoms with van der Waals surface area (Å²) in [6, 6.07) is 5.86. The molecule has 2 aromatic rings. The Kier molecular flexibility index (Phi) is 5.91. The monoisotopic (exact) mass is 390 g/mol. The molecule has 132 valence electrons. The third-order valence-corrected chi connectivity index (χ3v) is 4.30. The van der Waals surface area contributed by atoms with Crippen LogP contribution in [0.2, 0.25) is 5.02 Å². The summed E-state index contributed by atoms with van der Waals surface area (Å²) in [5.74, 6) is 0. The lowest BCUT2D eigenvalue weighted by molar-refractivity contribution is -0.138. The second kappa shape index (κ2) is 7.75. The number of carbonyl (C=O) groups is 2. The first-order valence-electron chi connectivity index (χ1n) is 6.66. The van der Waals surface area contributed by atoms with Gasteiger partial charge in [0.1, 0.15) is 5.69 Å². The molecule has 0 radical (unpaired) electrons. The maximum absolute atomic E-state index is 13.1. The minimum atomic E-state index is -4.66. The fourth-order valence-electron chi connectivity index (χ4n) is 1.95. The highest BCUT2D eigenvalue weighted by molar-refractivity contribution is 7.97. The Balaban J connectivity index is 2.36. The average molecular weight is 391 g/mol. The molecule has 0 aliphatic carbocycles. The Morgan fingerprint density at radius 3 is 2.68 bits per heavy atom. The van der Waals surface area contributed by atoms with Gasteiger partial charge in [0.25, 0.3) is 0 Å². The molecule has 2 rings (SSSR count). The van der Waals surface area contributed by atoms with Crippen LogP contribution in [-0.2, 0) is 12.7 Å². The van der Waals surface area contributed by atoms with E-state index < -0.39 is 24.4 Å². The number of rotatable bonds is 5. The van der Waals surface area contributed by atoms with E-state index in [2.05, 4.69) is 4.98 Å². The zero-order valence-electron chi connectivity index (χ0n) is 12.3. The largest absolute Gasteiger partial charge is 0.464 e. The Morgan fingerprint density at radius 2 is 2.08 bits per heavy atom. The number of aromatic nitrogens is 1. The van der Waals surface area contributed by atoms with E-state index in [1.54, 1.807) is 0 Å². The van der Waals surface area contributed by atoms with Crippen molar-refractivity contribution in [3.8, 4) is 0 Å². The number of benzene rings is 1. The van der Waals surface area contributed by atoms with Crippen LogP contribution in [0.15, 0.2) is 41.4 Å². The molecule has 0 spiro atoms. The quantitative estimate of drug-likeness (QED) is 0.589. The van der Waals surface area contributed by atoms with Gasteiger partial charge in [-0.1, -0.05) is 11.6 Å². The lowest BCUT2D eigenvalue weighted by Crippen LogP contribution is -2.24. The van der Waals surface area contributed by atoms with Crippen LogP contribution in [0.4, 0.5) is 18.0 Å². The second-order valence-electron chi connectivity index (χ2n) is 4.71. The average Bonchev–Trinajstić information content (AvgIpc) is 2.53. The van der Waals surface area contributed by atoms with Crippen molar-refractivity contribution in [1.82, 2.24) is 9.29 Å². The molecule has 1 amide bonds. The van der Waals surface area contributed by atoms with Crippen molar-refractivity contribution in [2.75, 3.05) is 0 Å². The van der Waals surface area contributed by atoms with Crippen LogP contribution < -0.4 is 0 Å². The minimum absolute atomic E-state index is 0.0131. The fraction of sp³-hybridized carbons (Fsp3) is 0.133. The molecule has 0 saturated heterocycles. The molecule has 25 heavy (non-hydrogen) atoms. The highest BCUT2D eigenvalue weighted by Gasteiger charge is 2.34. The molecule has 1 aromatic heterocycles. The van der Waals surface area contributed by atoms with Gasteiger partial charge >= 0.3 is 12.3 Å². The molecule has 5 nitrogen and oxygen atoms in total. The summed E-state index contributed by atoms with van der Waals surface area (Å²) >= 11 is 6.34. The molecule has 10 heteroatoms. The number of carboxylic acid groups (broad SMARTS) is 1. The van der Waals surface area contributed by atoms with E-state index in [9.17, 15) is 27.9 Å². The number of amides is 1. The number of nitrogens with zero attached hydrogens (tertiary/aromatic N) is 2. The van der Waals surface area contributed by atoms with Crippen LogP contribution in [0.25, 0.3) is 0 Å². The van der Waals surface area contributed by atoms with Crippen molar-refractivity contribution >= 4 is 35.9 Å². The normalized spacial score (nSPS) is 11.2. The van der Waals surface area contributed by atoms with Gasteiger partial charge in [-0.25, -0.2) is 9.10 Å². The molecule has 1 aromatic carbocycles. The number of aldehydes is 1. The van der Waals surface area contributed by atoms with Crippen molar-refractivity contribution < 1.29 is 27.9 Å². The Labute approximate surface area is 149 Å². The number of hydrogen-bond acceptors (Lipinski definition) is 4. The van der Waals surface area contributed by atoms with Crippen LogP contribution in [0.3, 0.4) is 0 Å². The summed E-state index contributed by atoms with van der Waals surface area (Å²) in [4.78, 5) is 26.4. The Hall–Kier alpha value is -2.26. The molecular formula is C15H10ClF3N2O3S. The van der Waals surface area contributed by atoms with E-state index in [1.807, 2.05) is 0 Å². The predicted octanol–water partition coefficient (Wildman–Crippen LogP) is 4.75. The first kappa shape index (κ1) is 19.1. The van der Waals surface area contributed by atoms with E-state index in [0.717, 1.165) is 18.2 Å². The third kappa shape index (κ3) is 4.86. The highest BCUT2D eigenvalue weighted by Crippen LogP contribution is 2.35. The first-order valence-corrected chi connectivity index (χ1v) is 7.81. The SMILES string of the molecule is O=Cc1ncccc1SN(Cc1cc(Cl)ccc1C(F)(F)F)C(=O)O. The second-order valence-corrected chi connectivity index (χ2v) is 6.21. The first-order chi connectivity index (χ1) is 11.7. The summed E-state index contributed by atoms with van der Waals surface area (Å²) in [5, 5.41) is 9.35. The summed E-state index contributed by atoms with van der Waals surface area (Å²) < 4.78 is 40.0. The van der Waals surface area contributed by atoms with Crippen LogP contribution in [-0.4, -0.2) is 26.8 Å². The van der Waals surface area contributed by atoms with Gasteiger partial charge in [0, 0.05) is 11.2 Å². The van der Waals surface area contributed by atoms with Gasteiger partial charge in [0.15, 0.2) is 6.29 Å². The van der Waals surface area contributed by atoms with Crippen molar-refractivity contribution in [3.05, 3.63) is 58.4 Å². The number of alkyl halides is 3. The summed E-state index contributed by atoms with van der Waals surface area (Å²) in [5.41, 5.74) is -1.29. The molecule has 0 fully saturated rings. The number of halogens is 4. The van der Waals surface area contributed by atoms with E-state index in [4.69, 9.17) is 11.6 Å². The number of hydrogen-bond donors (Lipinski definition) is 1. The van der Waals surface area contributed by atoms with Crippen molar-refractivity contribution in [3.63, 3.8) is 0 Å². The maximum atomic E-state index is 13.1. The molecular weight excluding hydrogens is 381 g/mol. The smallest absolute Gasteiger partial charge is 0.418 e. The lowest BCUT2D eigenvalue weighted by atomic mass is 10.1. The van der Waals surface area contributed by atoms with Crippen molar-refractivity contribution in [1.29, 1.82) is 0 Å². The maximum Gasteiger partial charge on any atom is 0.418 e. The molecule has 1 N–H and O–H groups in total. The van der Waals surface area contributed by atoms with Gasteiger partial charge in [-0.15, -0.1) is 0 Å². The number of pyridine rings is 1. The molecule has 0 aliphatic rings. The van der Waals surface area contributed by atoms with E-state index in [0.29, 0.717) is 22.5 Å². The summed E-state index contributed by atoms with van der Waals surface area (Å²) in [7, 11) is 0. The molecule has 0 saturated carbocycles. The molecule has 0 aliphatic heterocycles. The van der Waals surface area contributed by atoms with Gasteiger partial charge in [0.2, 0.25) is 0 Å². The summed E-state index contributed by atoms with van der Waals surface area (Å²) in [6.45, 7) is -0.581. The third-order valence-electron chi connectivity index (χ3n) is 3.02. The predicted molar refractivity (Wildman–Crippen MR) is 85.5 cm³/mol. The number of carbonyl (C=O) groups excluding carboxylic acids is 1. The van der Waals surface area contributed by atoms with Gasteiger partial charge < -0.3 is 5.11 Å². The van der Waals surface area contributed by atoms with Crippen LogP contribution in [0, 0.1) is 0 Å². The van der Waals surface area contributed by atoms with Gasteiger partial charge in [-0.05, 0) is 47.8 Å². The van der Waals surface area contributed by atoms with Gasteiger partial charge in [-0.2, -0.15) is 13.2 Å². The van der Waals surface area contributed by atoms with Gasteiger partial charge in [0.05, 0.1) is 17.0 Å². The molecule has 0 unspecified atom stereocenters. The lowest BCUT2D eigenvalue weighted by Gasteiger charge is -2.21. The summed E-state index contributed by atoms with van der Waals surface area (Å²) in [6.07, 6.45) is -4.35. The van der Waals surface area contributed by atoms with E-state index >= 15 is 0 Å². The Morgan fingerprint density at radius 1 is 1.36 bits per heavy atom. The zero-order chi connectivity index (χ0) is 18.6. The van der Waals surface area contributed by atoms with Crippen molar-refractivity contribution in [2.45, 2.75) is 17.6 Å². The minimum Gasteiger partial charge on any atom is -0.464 e. The zero-order valence-corrected chi connectivity index (χ0v) is 13.9. The van der Waals surface area contributed by atoms with E-state index in [1.165, 1.54) is 18.3 Å². The molecule has 0 atom stereocenters. The standard InChI is InChI=1S/C15H10ClF3N2O3S/c16-10-3-4-11(15(17,18)19)9(6-10)7-21(14(23)24)25-13-2-1-5-20-12(13)8-22/h1-6,8H,7H2,(H,23,24). The Bertz CT molecular complexity index is 802. The topological polar surface area (TPSA) is 70.5 Å². The van der Waals surface area contributed by atoms with Crippen molar-refractivity contribution in [2.24, 2.45) is 0 Å². The highest BCUT2D eigenvalue weighted by atomic mass is 35.5. The van der Waals surface area contributed by atoms with Crippen LogP contribution >= 0.6 is 23.5 Å². The van der Waals surface area contributed by atoms with Crippen LogP contribution in [0.1, 0.15) is 21.6 Å². The van der Waals surface area contributed by atoms with Gasteiger partial charge in [-0.3, -0.25) is 9.78 Å². The molecule has 0 bridgehead atoms. The van der Waals surface area contributed by atoms with Crippen LogP contribution in [0.5, 0.6) is 0 Å².